The van der Waals surface area contributed by atoms with Crippen LogP contribution in [0.3, 0.4) is 0 Å². The smallest absolute Gasteiger partial charge is 0.249 e. The van der Waals surface area contributed by atoms with Gasteiger partial charge in [-0.05, 0) is 79.8 Å². The zero-order valence-electron chi connectivity index (χ0n) is 37.0. The Morgan fingerprint density at radius 2 is 0.632 bits per heavy atom. The second-order valence-corrected chi connectivity index (χ2v) is 29.2. The highest BCUT2D eigenvalue weighted by molar-refractivity contribution is 7.99. The van der Waals surface area contributed by atoms with E-state index in [1.54, 1.807) is 72.8 Å². The van der Waals surface area contributed by atoms with Crippen molar-refractivity contribution in [2.75, 3.05) is 13.1 Å². The highest BCUT2D eigenvalue weighted by Crippen LogP contribution is 2.66. The second kappa shape index (κ2) is 19.6. The summed E-state index contributed by atoms with van der Waals surface area (Å²) in [5.74, 6) is 0. The molecule has 3 heterocycles. The largest absolute Gasteiger partial charge is 0.322 e. The molecule has 0 amide bonds. The van der Waals surface area contributed by atoms with E-state index in [4.69, 9.17) is 9.05 Å². The van der Waals surface area contributed by atoms with E-state index in [2.05, 4.69) is 0 Å². The summed E-state index contributed by atoms with van der Waals surface area (Å²) in [7, 11) is -23.0. The Morgan fingerprint density at radius 3 is 0.897 bits per heavy atom. The maximum atomic E-state index is 15.1. The lowest BCUT2D eigenvalue weighted by molar-refractivity contribution is 0.0982. The van der Waals surface area contributed by atoms with Crippen LogP contribution in [0.2, 0.25) is 0 Å². The summed E-state index contributed by atoms with van der Waals surface area (Å²) < 4.78 is 141. The first-order chi connectivity index (χ1) is 32.8. The monoisotopic (exact) mass is 1040 g/mol. The van der Waals surface area contributed by atoms with Crippen LogP contribution >= 0.6 is 16.9 Å². The average molecular weight is 1040 g/mol. The van der Waals surface area contributed by atoms with Crippen molar-refractivity contribution in [3.8, 4) is 0 Å². The number of rotatable bonds is 14. The van der Waals surface area contributed by atoms with Crippen molar-refractivity contribution < 1.29 is 42.7 Å². The quantitative estimate of drug-likeness (QED) is 0.0984. The molecule has 10 rings (SSSR count). The van der Waals surface area contributed by atoms with Crippen LogP contribution in [0.15, 0.2) is 171 Å². The van der Waals surface area contributed by atoms with Crippen LogP contribution in [0.25, 0.3) is 0 Å². The Bertz CT molecular complexity index is 2660. The van der Waals surface area contributed by atoms with Crippen LogP contribution in [-0.4, -0.2) is 104 Å². The van der Waals surface area contributed by atoms with E-state index in [0.29, 0.717) is 57.9 Å². The Balaban J connectivity index is 1.11. The summed E-state index contributed by atoms with van der Waals surface area (Å²) >= 11 is 0. The molecule has 0 radical (unpaired) electrons. The molecule has 15 nitrogen and oxygen atoms in total. The summed E-state index contributed by atoms with van der Waals surface area (Å²) in [5.41, 5.74) is 0.949. The number of hydrogen-bond acceptors (Lipinski definition) is 11. The van der Waals surface area contributed by atoms with Gasteiger partial charge in [-0.25, -0.2) is 33.7 Å². The molecule has 5 aromatic carbocycles. The summed E-state index contributed by atoms with van der Waals surface area (Å²) in [5, 5.41) is 0. The van der Waals surface area contributed by atoms with E-state index in [0.717, 1.165) is 5.56 Å². The van der Waals surface area contributed by atoms with Crippen molar-refractivity contribution >= 4 is 57.0 Å². The topological polar surface area (TPSA) is 171 Å². The third-order valence-electron chi connectivity index (χ3n) is 13.3. The van der Waals surface area contributed by atoms with Gasteiger partial charge in [0.2, 0.25) is 57.0 Å². The molecule has 3 aliphatic heterocycles. The van der Waals surface area contributed by atoms with Gasteiger partial charge in [-0.1, -0.05) is 129 Å². The zero-order chi connectivity index (χ0) is 47.3. The molecule has 2 saturated carbocycles. The molecule has 0 aromatic heterocycles. The van der Waals surface area contributed by atoms with E-state index in [1.807, 2.05) is 35.2 Å². The predicted molar refractivity (Wildman–Crippen MR) is 259 cm³/mol. The van der Waals surface area contributed by atoms with Gasteiger partial charge in [0.1, 0.15) is 12.2 Å². The number of nitrogens with zero attached hydrogens (tertiary/aromatic N) is 5. The molecular formula is C47H53N5O10P2S4. The SMILES string of the molecule is O=S(=O)(c1ccccc1)N1[C@@H]2CCCC[C@H]2N(S(=O)(=O)c2ccccc2)P1O[C@H]1CN(Cc2ccccc2)C[C@@H]1OP1N(S(=O)(=O)c2ccccc2)[C@@H]2CCCC[C@H]2N1S(=O)(=O)c1ccccc1. The summed E-state index contributed by atoms with van der Waals surface area (Å²) in [4.78, 5) is 2.00. The molecule has 0 N–H and O–H groups in total. The molecule has 0 unspecified atom stereocenters. The summed E-state index contributed by atoms with van der Waals surface area (Å²) in [6.07, 6.45) is 2.16. The minimum Gasteiger partial charge on any atom is -0.322 e. The van der Waals surface area contributed by atoms with Gasteiger partial charge in [0.05, 0.1) is 19.6 Å². The standard InChI is InChI=1S/C47H53N5O10P2S4/c53-65(54,38-22-8-2-9-23-38)49-42-30-16-17-31-43(42)50(66(55,56)39-24-10-3-11-25-39)63(49)61-46-35-48(34-37-20-6-1-7-21-37)36-47(46)62-64-51(67(57,58)40-26-12-4-13-27-40)44-32-18-19-33-45(44)52(64)68(59,60)41-28-14-5-15-29-41/h1-15,20-29,42-47H,16-19,30-36H2/t42-,43-,44-,45-,46+,47+/m1/s1. The molecule has 5 aromatic rings. The van der Waals surface area contributed by atoms with Gasteiger partial charge in [0.15, 0.2) is 0 Å². The Hall–Kier alpha value is -3.52. The van der Waals surface area contributed by atoms with Gasteiger partial charge in [-0.2, -0.15) is 0 Å². The van der Waals surface area contributed by atoms with Gasteiger partial charge in [-0.3, -0.25) is 4.90 Å². The van der Waals surface area contributed by atoms with Crippen molar-refractivity contribution in [1.29, 1.82) is 0 Å². The molecule has 6 atom stereocenters. The summed E-state index contributed by atoms with van der Waals surface area (Å²) in [6.45, 7) is 0.640. The van der Waals surface area contributed by atoms with Crippen LogP contribution in [-0.2, 0) is 55.7 Å². The second-order valence-electron chi connectivity index (χ2n) is 17.7. The first kappa shape index (κ1) is 48.1. The molecule has 0 bridgehead atoms. The van der Waals surface area contributed by atoms with Crippen molar-refractivity contribution in [3.05, 3.63) is 157 Å². The molecule has 68 heavy (non-hydrogen) atoms. The van der Waals surface area contributed by atoms with E-state index >= 15 is 33.7 Å². The Labute approximate surface area is 402 Å². The molecule has 5 fully saturated rings. The third kappa shape index (κ3) is 8.95. The van der Waals surface area contributed by atoms with Gasteiger partial charge < -0.3 is 9.05 Å². The minimum absolute atomic E-state index is 0.00940. The number of fused-ring (bicyclic) bond motifs is 2. The first-order valence-electron chi connectivity index (χ1n) is 22.9. The Morgan fingerprint density at radius 1 is 0.382 bits per heavy atom. The lowest BCUT2D eigenvalue weighted by atomic mass is 9.92. The van der Waals surface area contributed by atoms with Crippen molar-refractivity contribution in [2.24, 2.45) is 0 Å². The minimum atomic E-state index is -4.40. The molecule has 5 aliphatic rings. The fourth-order valence-electron chi connectivity index (χ4n) is 10.2. The molecular weight excluding hydrogens is 985 g/mol. The normalized spacial score (nSPS) is 26.5. The molecule has 3 saturated heterocycles. The van der Waals surface area contributed by atoms with Crippen molar-refractivity contribution in [1.82, 2.24) is 21.2 Å². The highest BCUT2D eigenvalue weighted by atomic mass is 32.2. The Kier molecular flexibility index (Phi) is 13.9. The third-order valence-corrected chi connectivity index (χ3v) is 27.6. The van der Waals surface area contributed by atoms with Crippen LogP contribution in [0.4, 0.5) is 0 Å². The molecule has 2 aliphatic carbocycles. The number of likely N-dealkylation sites (tertiary alicyclic amines) is 1. The van der Waals surface area contributed by atoms with Crippen LogP contribution < -0.4 is 0 Å². The van der Waals surface area contributed by atoms with Crippen LogP contribution in [0.5, 0.6) is 0 Å². The maximum Gasteiger partial charge on any atom is 0.249 e. The highest BCUT2D eigenvalue weighted by Gasteiger charge is 2.63. The van der Waals surface area contributed by atoms with Crippen LogP contribution in [0.1, 0.15) is 56.9 Å². The van der Waals surface area contributed by atoms with Crippen molar-refractivity contribution in [3.63, 3.8) is 0 Å². The number of hydrogen-bond donors (Lipinski definition) is 0. The molecule has 360 valence electrons. The van der Waals surface area contributed by atoms with Crippen LogP contribution in [0, 0.1) is 0 Å². The van der Waals surface area contributed by atoms with E-state index in [1.165, 1.54) is 64.8 Å². The maximum absolute atomic E-state index is 15.1. The number of sulfonamides is 4. The van der Waals surface area contributed by atoms with Gasteiger partial charge in [-0.15, -0.1) is 16.3 Å². The predicted octanol–water partition coefficient (Wildman–Crippen LogP) is 8.14. The summed E-state index contributed by atoms with van der Waals surface area (Å²) in [6, 6.07) is 38.4. The van der Waals surface area contributed by atoms with E-state index < -0.39 is 93.4 Å². The van der Waals surface area contributed by atoms with Gasteiger partial charge >= 0.3 is 0 Å². The lowest BCUT2D eigenvalue weighted by Crippen LogP contribution is -2.43. The first-order valence-corrected chi connectivity index (χ1v) is 30.9. The lowest BCUT2D eigenvalue weighted by Gasteiger charge is -2.35. The van der Waals surface area contributed by atoms with Crippen molar-refractivity contribution in [2.45, 2.75) is 114 Å². The average Bonchev–Trinajstić information content (AvgIpc) is 4.02. The fraction of sp³-hybridized carbons (Fsp3) is 0.362. The fourth-order valence-corrected chi connectivity index (χ4v) is 24.9. The van der Waals surface area contributed by atoms with Gasteiger partial charge in [0.25, 0.3) is 0 Å². The van der Waals surface area contributed by atoms with E-state index in [9.17, 15) is 0 Å². The van der Waals surface area contributed by atoms with E-state index in [-0.39, 0.29) is 32.7 Å². The zero-order valence-corrected chi connectivity index (χ0v) is 42.1. The molecule has 21 heteroatoms. The molecule has 0 spiro atoms. The van der Waals surface area contributed by atoms with Gasteiger partial charge in [0, 0.05) is 43.8 Å². The number of benzene rings is 5.